The molecule has 1 aromatic carbocycles. The molecular weight excluding hydrogens is 318 g/mol. The Balaban J connectivity index is 1.88. The molecule has 0 amide bonds. The van der Waals surface area contributed by atoms with Crippen LogP contribution in [0.3, 0.4) is 0 Å². The van der Waals surface area contributed by atoms with Crippen molar-refractivity contribution in [2.75, 3.05) is 0 Å². The summed E-state index contributed by atoms with van der Waals surface area (Å²) in [6.07, 6.45) is 4.65. The third-order valence-electron chi connectivity index (χ3n) is 3.25. The quantitative estimate of drug-likeness (QED) is 0.316. The van der Waals surface area contributed by atoms with Crippen molar-refractivity contribution in [1.82, 2.24) is 9.38 Å². The minimum absolute atomic E-state index is 0.00157. The second kappa shape index (κ2) is 6.02. The van der Waals surface area contributed by atoms with E-state index < -0.39 is 4.92 Å². The molecule has 23 heavy (non-hydrogen) atoms. The Morgan fingerprint density at radius 3 is 2.65 bits per heavy atom. The third-order valence-corrected chi connectivity index (χ3v) is 3.52. The van der Waals surface area contributed by atoms with Gasteiger partial charge in [-0.25, -0.2) is 4.98 Å². The average Bonchev–Trinajstić information content (AvgIpc) is 2.88. The first-order valence-corrected chi connectivity index (χ1v) is 7.03. The third kappa shape index (κ3) is 2.97. The summed E-state index contributed by atoms with van der Waals surface area (Å²) in [6, 6.07) is 11.2. The number of non-ortho nitro benzene ring substituents is 1. The molecule has 0 fully saturated rings. The second-order valence-electron chi connectivity index (χ2n) is 4.73. The lowest BCUT2D eigenvalue weighted by atomic mass is 10.1. The Morgan fingerprint density at radius 2 is 1.96 bits per heavy atom. The van der Waals surface area contributed by atoms with Crippen molar-refractivity contribution in [2.24, 2.45) is 0 Å². The molecule has 0 atom stereocenters. The predicted molar refractivity (Wildman–Crippen MR) is 86.7 cm³/mol. The van der Waals surface area contributed by atoms with Crippen LogP contribution in [0.15, 0.2) is 54.7 Å². The van der Waals surface area contributed by atoms with E-state index in [0.717, 1.165) is 0 Å². The highest BCUT2D eigenvalue weighted by atomic mass is 35.5. The molecule has 2 heterocycles. The number of nitrogens with zero attached hydrogens (tertiary/aromatic N) is 3. The number of pyridine rings is 1. The number of nitro benzene ring substituents is 1. The van der Waals surface area contributed by atoms with Crippen LogP contribution in [0.25, 0.3) is 11.7 Å². The number of hydrogen-bond acceptors (Lipinski definition) is 4. The number of rotatable bonds is 4. The van der Waals surface area contributed by atoms with E-state index in [-0.39, 0.29) is 22.3 Å². The lowest BCUT2D eigenvalue weighted by Crippen LogP contribution is -2.00. The molecule has 114 valence electrons. The summed E-state index contributed by atoms with van der Waals surface area (Å²) in [5.41, 5.74) is 1.54. The van der Waals surface area contributed by atoms with Gasteiger partial charge in [-0.1, -0.05) is 23.7 Å². The molecule has 0 aliphatic heterocycles. The maximum absolute atomic E-state index is 12.3. The average molecular weight is 328 g/mol. The number of halogens is 1. The molecular formula is C16H10ClN3O3. The largest absolute Gasteiger partial charge is 0.295 e. The van der Waals surface area contributed by atoms with Gasteiger partial charge in [-0.15, -0.1) is 0 Å². The molecule has 0 saturated carbocycles. The monoisotopic (exact) mass is 327 g/mol. The van der Waals surface area contributed by atoms with Gasteiger partial charge in [-0.05, 0) is 35.9 Å². The summed E-state index contributed by atoms with van der Waals surface area (Å²) in [7, 11) is 0. The first kappa shape index (κ1) is 14.9. The number of ketones is 1. The molecule has 6 nitrogen and oxygen atoms in total. The lowest BCUT2D eigenvalue weighted by Gasteiger charge is -1.98. The number of hydrogen-bond donors (Lipinski definition) is 0. The van der Waals surface area contributed by atoms with Crippen LogP contribution < -0.4 is 0 Å². The Bertz CT molecular complexity index is 929. The Hall–Kier alpha value is -2.99. The van der Waals surface area contributed by atoms with Crippen molar-refractivity contribution >= 4 is 34.8 Å². The molecule has 0 spiro atoms. The molecule has 0 radical (unpaired) electrons. The number of nitro groups is 1. The molecule has 0 N–H and O–H groups in total. The molecule has 0 aliphatic carbocycles. The van der Waals surface area contributed by atoms with E-state index in [4.69, 9.17) is 11.6 Å². The minimum atomic E-state index is -0.475. The van der Waals surface area contributed by atoms with Crippen LogP contribution >= 0.6 is 11.6 Å². The molecule has 0 saturated heterocycles. The smallest absolute Gasteiger partial charge is 0.269 e. The first-order valence-electron chi connectivity index (χ1n) is 6.66. The van der Waals surface area contributed by atoms with E-state index in [1.165, 1.54) is 18.2 Å². The highest BCUT2D eigenvalue weighted by molar-refractivity contribution is 6.33. The number of carbonyl (C=O) groups excluding carboxylic acids is 1. The van der Waals surface area contributed by atoms with Crippen molar-refractivity contribution in [3.8, 4) is 0 Å². The SMILES string of the molecule is O=C(C=Cc1ccc([N+](=O)[O-])cc1)c1c(Cl)nc2ccccn12. The van der Waals surface area contributed by atoms with Crippen LogP contribution in [0.2, 0.25) is 5.15 Å². The molecule has 0 aliphatic rings. The van der Waals surface area contributed by atoms with Gasteiger partial charge in [0.1, 0.15) is 11.3 Å². The van der Waals surface area contributed by atoms with Gasteiger partial charge in [-0.2, -0.15) is 0 Å². The van der Waals surface area contributed by atoms with Gasteiger partial charge in [0.15, 0.2) is 5.15 Å². The van der Waals surface area contributed by atoms with Crippen molar-refractivity contribution < 1.29 is 9.72 Å². The van der Waals surface area contributed by atoms with Crippen LogP contribution in [-0.2, 0) is 0 Å². The van der Waals surface area contributed by atoms with Gasteiger partial charge in [0, 0.05) is 18.3 Å². The topological polar surface area (TPSA) is 77.5 Å². The number of fused-ring (bicyclic) bond motifs is 1. The van der Waals surface area contributed by atoms with Crippen LogP contribution in [0.5, 0.6) is 0 Å². The van der Waals surface area contributed by atoms with E-state index in [1.807, 2.05) is 0 Å². The fraction of sp³-hybridized carbons (Fsp3) is 0. The summed E-state index contributed by atoms with van der Waals surface area (Å²) in [5, 5.41) is 10.7. The first-order chi connectivity index (χ1) is 11.1. The second-order valence-corrected chi connectivity index (χ2v) is 5.08. The van der Waals surface area contributed by atoms with E-state index in [1.54, 1.807) is 47.0 Å². The minimum Gasteiger partial charge on any atom is -0.295 e. The van der Waals surface area contributed by atoms with Crippen LogP contribution in [0.1, 0.15) is 16.1 Å². The van der Waals surface area contributed by atoms with E-state index >= 15 is 0 Å². The maximum Gasteiger partial charge on any atom is 0.269 e. The van der Waals surface area contributed by atoms with Crippen molar-refractivity contribution in [1.29, 1.82) is 0 Å². The van der Waals surface area contributed by atoms with Gasteiger partial charge in [-0.3, -0.25) is 19.3 Å². The zero-order chi connectivity index (χ0) is 16.4. The molecule has 7 heteroatoms. The van der Waals surface area contributed by atoms with Crippen molar-refractivity contribution in [3.05, 3.63) is 81.3 Å². The summed E-state index contributed by atoms with van der Waals surface area (Å²) < 4.78 is 1.62. The van der Waals surface area contributed by atoms with E-state index in [2.05, 4.69) is 4.98 Å². The Morgan fingerprint density at radius 1 is 1.22 bits per heavy atom. The van der Waals surface area contributed by atoms with Crippen LogP contribution in [0, 0.1) is 10.1 Å². The Kier molecular flexibility index (Phi) is 3.91. The number of aromatic nitrogens is 2. The summed E-state index contributed by atoms with van der Waals surface area (Å²) in [4.78, 5) is 26.6. The maximum atomic E-state index is 12.3. The van der Waals surface area contributed by atoms with Gasteiger partial charge < -0.3 is 0 Å². The van der Waals surface area contributed by atoms with Crippen LogP contribution in [-0.4, -0.2) is 20.1 Å². The predicted octanol–water partition coefficient (Wildman–Crippen LogP) is 3.79. The molecule has 0 unspecified atom stereocenters. The molecule has 0 bridgehead atoms. The standard InChI is InChI=1S/C16H10ClN3O3/c17-16-15(19-10-2-1-3-14(19)18-16)13(21)9-6-11-4-7-12(8-5-11)20(22)23/h1-10H. The normalized spacial score (nSPS) is 11.2. The zero-order valence-electron chi connectivity index (χ0n) is 11.7. The van der Waals surface area contributed by atoms with E-state index in [9.17, 15) is 14.9 Å². The highest BCUT2D eigenvalue weighted by Gasteiger charge is 2.15. The fourth-order valence-electron chi connectivity index (χ4n) is 2.15. The lowest BCUT2D eigenvalue weighted by molar-refractivity contribution is -0.384. The number of carbonyl (C=O) groups is 1. The number of allylic oxidation sites excluding steroid dienone is 1. The fourth-order valence-corrected chi connectivity index (χ4v) is 2.42. The van der Waals surface area contributed by atoms with Gasteiger partial charge in [0.05, 0.1) is 4.92 Å². The molecule has 3 aromatic rings. The highest BCUT2D eigenvalue weighted by Crippen LogP contribution is 2.19. The van der Waals surface area contributed by atoms with E-state index in [0.29, 0.717) is 11.2 Å². The zero-order valence-corrected chi connectivity index (χ0v) is 12.5. The molecule has 2 aromatic heterocycles. The molecule has 3 rings (SSSR count). The Labute approximate surface area is 135 Å². The summed E-state index contributed by atoms with van der Waals surface area (Å²) in [5.74, 6) is -0.299. The summed E-state index contributed by atoms with van der Waals surface area (Å²) in [6.45, 7) is 0. The number of imidazole rings is 1. The summed E-state index contributed by atoms with van der Waals surface area (Å²) >= 11 is 6.04. The van der Waals surface area contributed by atoms with Gasteiger partial charge >= 0.3 is 0 Å². The van der Waals surface area contributed by atoms with Crippen molar-refractivity contribution in [3.63, 3.8) is 0 Å². The van der Waals surface area contributed by atoms with Crippen LogP contribution in [0.4, 0.5) is 5.69 Å². The van der Waals surface area contributed by atoms with Crippen molar-refractivity contribution in [2.45, 2.75) is 0 Å². The van der Waals surface area contributed by atoms with Gasteiger partial charge in [0.25, 0.3) is 5.69 Å². The number of benzene rings is 1. The van der Waals surface area contributed by atoms with Gasteiger partial charge in [0.2, 0.25) is 5.78 Å².